The minimum atomic E-state index is -0.724. The number of rotatable bonds is 5. The third-order valence-electron chi connectivity index (χ3n) is 3.37. The highest BCUT2D eigenvalue weighted by Crippen LogP contribution is 2.14. The molecule has 0 unspecified atom stereocenters. The van der Waals surface area contributed by atoms with Crippen LogP contribution in [0.25, 0.3) is 11.5 Å². The van der Waals surface area contributed by atoms with E-state index in [2.05, 4.69) is 10.4 Å². The Hall–Kier alpha value is -3.68. The summed E-state index contributed by atoms with van der Waals surface area (Å²) in [5.41, 5.74) is 6.59. The number of anilines is 1. The molecule has 8 heteroatoms. The first-order valence-corrected chi connectivity index (χ1v) is 7.36. The average molecular weight is 338 g/mol. The molecule has 0 bridgehead atoms. The number of nitrogens with zero attached hydrogens (tertiary/aromatic N) is 2. The Labute approximate surface area is 141 Å². The summed E-state index contributed by atoms with van der Waals surface area (Å²) in [5, 5.41) is 6.61. The predicted molar refractivity (Wildman–Crippen MR) is 89.8 cm³/mol. The molecule has 2 amide bonds. The molecule has 8 nitrogen and oxygen atoms in total. The first-order valence-electron chi connectivity index (χ1n) is 7.36. The number of carbonyl (C=O) groups excluding carboxylic acids is 2. The van der Waals surface area contributed by atoms with Gasteiger partial charge in [-0.3, -0.25) is 9.59 Å². The fourth-order valence-corrected chi connectivity index (χ4v) is 2.16. The lowest BCUT2D eigenvalue weighted by molar-refractivity contribution is -0.117. The number of nitrogens with two attached hydrogens (primary N) is 1. The second kappa shape index (κ2) is 6.83. The van der Waals surface area contributed by atoms with Gasteiger partial charge in [-0.15, -0.1) is 5.10 Å². The molecule has 0 aliphatic heterocycles. The highest BCUT2D eigenvalue weighted by molar-refractivity contribution is 5.94. The van der Waals surface area contributed by atoms with Crippen LogP contribution in [0.15, 0.2) is 63.8 Å². The van der Waals surface area contributed by atoms with Crippen molar-refractivity contribution in [3.63, 3.8) is 0 Å². The van der Waals surface area contributed by atoms with Crippen LogP contribution in [0.4, 0.5) is 5.69 Å². The third kappa shape index (κ3) is 3.81. The zero-order valence-electron chi connectivity index (χ0n) is 13.0. The number of nitrogens with one attached hydrogen (secondary N) is 1. The summed E-state index contributed by atoms with van der Waals surface area (Å²) < 4.78 is 6.00. The van der Waals surface area contributed by atoms with Gasteiger partial charge in [0.25, 0.3) is 0 Å². The Balaban J connectivity index is 1.70. The SMILES string of the molecule is NC(=O)c1ccc(NC(=O)Cn2nc(-c3ccccc3)oc2=O)cc1. The zero-order chi connectivity index (χ0) is 17.8. The lowest BCUT2D eigenvalue weighted by Gasteiger charge is -2.04. The van der Waals surface area contributed by atoms with E-state index in [0.29, 0.717) is 16.8 Å². The molecule has 3 aromatic rings. The van der Waals surface area contributed by atoms with Crippen LogP contribution in [0.5, 0.6) is 0 Å². The maximum atomic E-state index is 12.1. The topological polar surface area (TPSA) is 120 Å². The summed E-state index contributed by atoms with van der Waals surface area (Å²) in [6.45, 7) is -0.299. The minimum Gasteiger partial charge on any atom is -0.388 e. The van der Waals surface area contributed by atoms with Crippen molar-refractivity contribution in [1.82, 2.24) is 9.78 Å². The van der Waals surface area contributed by atoms with E-state index in [1.54, 1.807) is 36.4 Å². The molecular weight excluding hydrogens is 324 g/mol. The van der Waals surface area contributed by atoms with Crippen molar-refractivity contribution in [3.8, 4) is 11.5 Å². The van der Waals surface area contributed by atoms with Gasteiger partial charge in [-0.25, -0.2) is 4.79 Å². The molecule has 3 rings (SSSR count). The highest BCUT2D eigenvalue weighted by atomic mass is 16.4. The van der Waals surface area contributed by atoms with Gasteiger partial charge in [0.05, 0.1) is 0 Å². The van der Waals surface area contributed by atoms with Crippen molar-refractivity contribution < 1.29 is 14.0 Å². The summed E-state index contributed by atoms with van der Waals surface area (Å²) in [5.74, 6) is -1.59. The van der Waals surface area contributed by atoms with Crippen molar-refractivity contribution in [3.05, 3.63) is 70.7 Å². The van der Waals surface area contributed by atoms with E-state index in [9.17, 15) is 14.4 Å². The molecule has 2 aromatic carbocycles. The van der Waals surface area contributed by atoms with Crippen molar-refractivity contribution in [2.75, 3.05) is 5.32 Å². The number of hydrogen-bond donors (Lipinski definition) is 2. The largest absolute Gasteiger partial charge is 0.437 e. The number of benzene rings is 2. The first-order chi connectivity index (χ1) is 12.0. The summed E-state index contributed by atoms with van der Waals surface area (Å²) in [6.07, 6.45) is 0. The smallest absolute Gasteiger partial charge is 0.388 e. The Morgan fingerprint density at radius 3 is 2.40 bits per heavy atom. The second-order valence-electron chi connectivity index (χ2n) is 5.19. The average Bonchev–Trinajstić information content (AvgIpc) is 2.97. The molecule has 0 radical (unpaired) electrons. The second-order valence-corrected chi connectivity index (χ2v) is 5.19. The molecule has 1 heterocycles. The van der Waals surface area contributed by atoms with Gasteiger partial charge in [-0.05, 0) is 36.4 Å². The zero-order valence-corrected chi connectivity index (χ0v) is 13.0. The monoisotopic (exact) mass is 338 g/mol. The highest BCUT2D eigenvalue weighted by Gasteiger charge is 2.13. The molecule has 0 saturated carbocycles. The van der Waals surface area contributed by atoms with Crippen molar-refractivity contribution in [2.24, 2.45) is 5.73 Å². The van der Waals surface area contributed by atoms with Crippen LogP contribution >= 0.6 is 0 Å². The van der Waals surface area contributed by atoms with Crippen LogP contribution in [0, 0.1) is 0 Å². The molecule has 0 spiro atoms. The van der Waals surface area contributed by atoms with Crippen molar-refractivity contribution in [2.45, 2.75) is 6.54 Å². The summed E-state index contributed by atoms with van der Waals surface area (Å²) in [7, 11) is 0. The van der Waals surface area contributed by atoms with Crippen LogP contribution in [0.1, 0.15) is 10.4 Å². The fourth-order valence-electron chi connectivity index (χ4n) is 2.16. The maximum Gasteiger partial charge on any atom is 0.437 e. The lowest BCUT2D eigenvalue weighted by atomic mass is 10.2. The van der Waals surface area contributed by atoms with E-state index in [1.165, 1.54) is 12.1 Å². The van der Waals surface area contributed by atoms with Crippen LogP contribution in [0.2, 0.25) is 0 Å². The molecule has 0 aliphatic rings. The normalized spacial score (nSPS) is 10.4. The Bertz CT molecular complexity index is 958. The van der Waals surface area contributed by atoms with Crippen molar-refractivity contribution in [1.29, 1.82) is 0 Å². The van der Waals surface area contributed by atoms with E-state index in [0.717, 1.165) is 4.68 Å². The number of amides is 2. The molecule has 0 aliphatic carbocycles. The van der Waals surface area contributed by atoms with E-state index >= 15 is 0 Å². The van der Waals surface area contributed by atoms with Crippen LogP contribution in [-0.4, -0.2) is 21.6 Å². The number of hydrogen-bond acceptors (Lipinski definition) is 5. The molecule has 0 fully saturated rings. The lowest BCUT2D eigenvalue weighted by Crippen LogP contribution is -2.25. The summed E-state index contributed by atoms with van der Waals surface area (Å²) >= 11 is 0. The fraction of sp³-hybridized carbons (Fsp3) is 0.0588. The van der Waals surface area contributed by atoms with Gasteiger partial charge in [0.1, 0.15) is 6.54 Å². The number of carbonyl (C=O) groups is 2. The summed E-state index contributed by atoms with van der Waals surface area (Å²) in [6, 6.07) is 15.0. The summed E-state index contributed by atoms with van der Waals surface area (Å²) in [4.78, 5) is 34.9. The van der Waals surface area contributed by atoms with Crippen molar-refractivity contribution >= 4 is 17.5 Å². The maximum absolute atomic E-state index is 12.1. The Kier molecular flexibility index (Phi) is 4.42. The molecule has 0 atom stereocenters. The van der Waals surface area contributed by atoms with Gasteiger partial charge in [0, 0.05) is 16.8 Å². The molecule has 3 N–H and O–H groups in total. The van der Waals surface area contributed by atoms with Gasteiger partial charge in [-0.1, -0.05) is 18.2 Å². The number of aromatic nitrogens is 2. The number of primary amides is 1. The van der Waals surface area contributed by atoms with E-state index in [-0.39, 0.29) is 12.4 Å². The standard InChI is InChI=1S/C17H14N4O4/c18-15(23)11-6-8-13(9-7-11)19-14(22)10-21-17(24)25-16(20-21)12-4-2-1-3-5-12/h1-9H,10H2,(H2,18,23)(H,19,22). The van der Waals surface area contributed by atoms with Crippen LogP contribution < -0.4 is 16.8 Å². The molecule has 1 aromatic heterocycles. The minimum absolute atomic E-state index is 0.143. The van der Waals surface area contributed by atoms with E-state index in [4.69, 9.17) is 10.2 Å². The van der Waals surface area contributed by atoms with Crippen LogP contribution in [-0.2, 0) is 11.3 Å². The van der Waals surface area contributed by atoms with Gasteiger partial charge >= 0.3 is 5.76 Å². The van der Waals surface area contributed by atoms with Gasteiger partial charge in [0.2, 0.25) is 17.7 Å². The van der Waals surface area contributed by atoms with Crippen LogP contribution in [0.3, 0.4) is 0 Å². The molecule has 25 heavy (non-hydrogen) atoms. The molecular formula is C17H14N4O4. The first kappa shape index (κ1) is 16.2. The quantitative estimate of drug-likeness (QED) is 0.725. The van der Waals surface area contributed by atoms with E-state index in [1.807, 2.05) is 6.07 Å². The Morgan fingerprint density at radius 1 is 1.08 bits per heavy atom. The van der Waals surface area contributed by atoms with Gasteiger partial charge < -0.3 is 15.5 Å². The predicted octanol–water partition coefficient (Wildman–Crippen LogP) is 1.24. The third-order valence-corrected chi connectivity index (χ3v) is 3.37. The van der Waals surface area contributed by atoms with Gasteiger partial charge in [-0.2, -0.15) is 4.68 Å². The van der Waals surface area contributed by atoms with E-state index < -0.39 is 17.6 Å². The van der Waals surface area contributed by atoms with Gasteiger partial charge in [0.15, 0.2) is 0 Å². The Morgan fingerprint density at radius 2 is 1.76 bits per heavy atom. The molecule has 0 saturated heterocycles. The molecule has 126 valence electrons.